The van der Waals surface area contributed by atoms with Gasteiger partial charge in [0.2, 0.25) is 0 Å². The molecule has 2 nitrogen and oxygen atoms in total. The Balaban J connectivity index is 1.76. The van der Waals surface area contributed by atoms with Crippen LogP contribution in [0.3, 0.4) is 0 Å². The molecule has 1 aromatic heterocycles. The van der Waals surface area contributed by atoms with Gasteiger partial charge in [-0.25, -0.2) is 4.98 Å². The molecule has 0 amide bonds. The summed E-state index contributed by atoms with van der Waals surface area (Å²) in [6.45, 7) is 2.95. The predicted octanol–water partition coefficient (Wildman–Crippen LogP) is 4.43. The van der Waals surface area contributed by atoms with Gasteiger partial charge in [0, 0.05) is 27.4 Å². The highest BCUT2D eigenvalue weighted by molar-refractivity contribution is 7.99. The molecule has 1 aromatic carbocycles. The van der Waals surface area contributed by atoms with Crippen molar-refractivity contribution in [3.05, 3.63) is 44.9 Å². The Morgan fingerprint density at radius 3 is 3.16 bits per heavy atom. The van der Waals surface area contributed by atoms with E-state index in [0.29, 0.717) is 6.04 Å². The Labute approximate surface area is 126 Å². The molecule has 2 aromatic rings. The van der Waals surface area contributed by atoms with Crippen molar-refractivity contribution >= 4 is 34.7 Å². The number of aryl methyl sites for hydroxylation is 1. The average Bonchev–Trinajstić information content (AvgIpc) is 2.82. The topological polar surface area (TPSA) is 24.9 Å². The molecule has 19 heavy (non-hydrogen) atoms. The lowest BCUT2D eigenvalue weighted by Gasteiger charge is -2.26. The second-order valence-corrected chi connectivity index (χ2v) is 7.13. The van der Waals surface area contributed by atoms with Gasteiger partial charge in [-0.15, -0.1) is 23.1 Å². The number of hydrogen-bond donors (Lipinski definition) is 1. The predicted molar refractivity (Wildman–Crippen MR) is 83.2 cm³/mol. The molecule has 0 aliphatic carbocycles. The first-order chi connectivity index (χ1) is 9.24. The summed E-state index contributed by atoms with van der Waals surface area (Å²) in [5.41, 5.74) is 4.38. The third-order valence-corrected chi connectivity index (χ3v) is 5.66. The average molecular weight is 311 g/mol. The normalized spacial score (nSPS) is 18.3. The second-order valence-electron chi connectivity index (χ2n) is 4.61. The van der Waals surface area contributed by atoms with Crippen LogP contribution in [0.25, 0.3) is 0 Å². The molecule has 0 saturated carbocycles. The maximum absolute atomic E-state index is 6.12. The van der Waals surface area contributed by atoms with E-state index < -0.39 is 0 Å². The van der Waals surface area contributed by atoms with Crippen molar-refractivity contribution in [1.29, 1.82) is 0 Å². The fourth-order valence-corrected chi connectivity index (χ4v) is 4.30. The molecule has 1 unspecified atom stereocenters. The summed E-state index contributed by atoms with van der Waals surface area (Å²) in [5, 5.41) is 4.47. The van der Waals surface area contributed by atoms with E-state index in [4.69, 9.17) is 11.6 Å². The van der Waals surface area contributed by atoms with E-state index >= 15 is 0 Å². The molecule has 100 valence electrons. The molecule has 0 radical (unpaired) electrons. The standard InChI is InChI=1S/C14H15ClN2S2/c1-9-14(19-8-17-9)7-16-12-4-5-18-13-3-2-10(15)6-11(12)13/h2-3,6,8,12,16H,4-5,7H2,1H3. The molecule has 1 N–H and O–H groups in total. The zero-order valence-electron chi connectivity index (χ0n) is 10.6. The molecule has 2 heterocycles. The fraction of sp³-hybridized carbons (Fsp3) is 0.357. The van der Waals surface area contributed by atoms with Gasteiger partial charge in [0.1, 0.15) is 0 Å². The van der Waals surface area contributed by atoms with Crippen LogP contribution < -0.4 is 5.32 Å². The van der Waals surface area contributed by atoms with E-state index in [2.05, 4.69) is 29.4 Å². The molecule has 1 atom stereocenters. The summed E-state index contributed by atoms with van der Waals surface area (Å²) < 4.78 is 0. The van der Waals surface area contributed by atoms with Crippen molar-refractivity contribution in [3.63, 3.8) is 0 Å². The summed E-state index contributed by atoms with van der Waals surface area (Å²) in [5.74, 6) is 1.16. The number of rotatable bonds is 3. The van der Waals surface area contributed by atoms with Crippen LogP contribution in [0.2, 0.25) is 5.02 Å². The molecule has 1 aliphatic rings. The van der Waals surface area contributed by atoms with Gasteiger partial charge in [-0.05, 0) is 42.9 Å². The van der Waals surface area contributed by atoms with Crippen LogP contribution >= 0.6 is 34.7 Å². The zero-order valence-corrected chi connectivity index (χ0v) is 13.0. The van der Waals surface area contributed by atoms with Gasteiger partial charge >= 0.3 is 0 Å². The maximum atomic E-state index is 6.12. The van der Waals surface area contributed by atoms with Crippen LogP contribution in [0.4, 0.5) is 0 Å². The summed E-state index contributed by atoms with van der Waals surface area (Å²) >= 11 is 9.76. The smallest absolute Gasteiger partial charge is 0.0798 e. The van der Waals surface area contributed by atoms with Gasteiger partial charge < -0.3 is 5.32 Å². The Kier molecular flexibility index (Phi) is 4.12. The van der Waals surface area contributed by atoms with Crippen molar-refractivity contribution in [1.82, 2.24) is 10.3 Å². The number of thiazole rings is 1. The van der Waals surface area contributed by atoms with Crippen molar-refractivity contribution in [2.75, 3.05) is 5.75 Å². The zero-order chi connectivity index (χ0) is 13.2. The first kappa shape index (κ1) is 13.4. The summed E-state index contributed by atoms with van der Waals surface area (Å²) in [6, 6.07) is 6.61. The monoisotopic (exact) mass is 310 g/mol. The largest absolute Gasteiger partial charge is 0.305 e. The van der Waals surface area contributed by atoms with Crippen LogP contribution in [0.1, 0.15) is 28.6 Å². The van der Waals surface area contributed by atoms with E-state index in [1.807, 2.05) is 23.3 Å². The number of nitrogens with zero attached hydrogens (tertiary/aromatic N) is 1. The van der Waals surface area contributed by atoms with E-state index in [1.165, 1.54) is 15.3 Å². The van der Waals surface area contributed by atoms with Crippen molar-refractivity contribution in [2.45, 2.75) is 30.8 Å². The quantitative estimate of drug-likeness (QED) is 0.907. The molecule has 0 spiro atoms. The molecule has 5 heteroatoms. The fourth-order valence-electron chi connectivity index (χ4n) is 2.29. The minimum atomic E-state index is 0.399. The van der Waals surface area contributed by atoms with E-state index in [0.717, 1.165) is 29.4 Å². The highest BCUT2D eigenvalue weighted by atomic mass is 35.5. The first-order valence-electron chi connectivity index (χ1n) is 6.28. The van der Waals surface area contributed by atoms with E-state index in [1.54, 1.807) is 11.3 Å². The lowest BCUT2D eigenvalue weighted by Crippen LogP contribution is -2.24. The number of hydrogen-bond acceptors (Lipinski definition) is 4. The van der Waals surface area contributed by atoms with Gasteiger partial charge in [0.05, 0.1) is 11.2 Å². The number of halogens is 1. The van der Waals surface area contributed by atoms with Crippen LogP contribution in [0.5, 0.6) is 0 Å². The van der Waals surface area contributed by atoms with Crippen LogP contribution in [-0.4, -0.2) is 10.7 Å². The van der Waals surface area contributed by atoms with Crippen LogP contribution in [-0.2, 0) is 6.54 Å². The van der Waals surface area contributed by atoms with E-state index in [-0.39, 0.29) is 0 Å². The highest BCUT2D eigenvalue weighted by Gasteiger charge is 2.20. The van der Waals surface area contributed by atoms with E-state index in [9.17, 15) is 0 Å². The van der Waals surface area contributed by atoms with Crippen molar-refractivity contribution in [3.8, 4) is 0 Å². The Morgan fingerprint density at radius 1 is 1.47 bits per heavy atom. The van der Waals surface area contributed by atoms with Gasteiger partial charge in [0.15, 0.2) is 0 Å². The first-order valence-corrected chi connectivity index (χ1v) is 8.53. The molecular weight excluding hydrogens is 296 g/mol. The highest BCUT2D eigenvalue weighted by Crippen LogP contribution is 2.37. The molecule has 0 bridgehead atoms. The summed E-state index contributed by atoms with van der Waals surface area (Å²) in [7, 11) is 0. The summed E-state index contributed by atoms with van der Waals surface area (Å²) in [6.07, 6.45) is 1.15. The maximum Gasteiger partial charge on any atom is 0.0798 e. The Hall–Kier alpha value is -0.550. The minimum Gasteiger partial charge on any atom is -0.305 e. The Bertz CT molecular complexity index is 583. The van der Waals surface area contributed by atoms with Gasteiger partial charge in [0.25, 0.3) is 0 Å². The number of aromatic nitrogens is 1. The van der Waals surface area contributed by atoms with Crippen LogP contribution in [0, 0.1) is 6.92 Å². The number of benzene rings is 1. The molecule has 0 saturated heterocycles. The number of fused-ring (bicyclic) bond motifs is 1. The minimum absolute atomic E-state index is 0.399. The summed E-state index contributed by atoms with van der Waals surface area (Å²) in [4.78, 5) is 6.97. The third kappa shape index (κ3) is 2.97. The SMILES string of the molecule is Cc1ncsc1CNC1CCSc2ccc(Cl)cc21. The second kappa shape index (κ2) is 5.83. The third-order valence-electron chi connectivity index (χ3n) is 3.37. The Morgan fingerprint density at radius 2 is 2.37 bits per heavy atom. The van der Waals surface area contributed by atoms with Gasteiger partial charge in [-0.3, -0.25) is 0 Å². The van der Waals surface area contributed by atoms with Crippen molar-refractivity contribution in [2.24, 2.45) is 0 Å². The lowest BCUT2D eigenvalue weighted by molar-refractivity contribution is 0.512. The number of thioether (sulfide) groups is 1. The molecule has 1 aliphatic heterocycles. The molecule has 0 fully saturated rings. The molecular formula is C14H15ClN2S2. The van der Waals surface area contributed by atoms with Crippen molar-refractivity contribution < 1.29 is 0 Å². The van der Waals surface area contributed by atoms with Crippen LogP contribution in [0.15, 0.2) is 28.6 Å². The van der Waals surface area contributed by atoms with Gasteiger partial charge in [-0.2, -0.15) is 0 Å². The lowest BCUT2D eigenvalue weighted by atomic mass is 10.0. The molecule has 3 rings (SSSR count). The van der Waals surface area contributed by atoms with Gasteiger partial charge in [-0.1, -0.05) is 11.6 Å². The number of nitrogens with one attached hydrogen (secondary N) is 1.